The number of aromatic nitrogens is 2. The molecule has 3 aromatic rings. The van der Waals surface area contributed by atoms with Crippen LogP contribution in [0.25, 0.3) is 17.0 Å². The molecule has 166 valence electrons. The Bertz CT molecular complexity index is 1180. The van der Waals surface area contributed by atoms with Gasteiger partial charge in [0.25, 0.3) is 0 Å². The third-order valence-electron chi connectivity index (χ3n) is 5.27. The lowest BCUT2D eigenvalue weighted by molar-refractivity contribution is -0.152. The Morgan fingerprint density at radius 2 is 2.19 bits per heavy atom. The Balaban J connectivity index is 1.48. The lowest BCUT2D eigenvalue weighted by atomic mass is 10.1. The number of hydrogen-bond donors (Lipinski definition) is 1. The van der Waals surface area contributed by atoms with Crippen molar-refractivity contribution in [1.82, 2.24) is 19.8 Å². The predicted molar refractivity (Wildman–Crippen MR) is 125 cm³/mol. The minimum atomic E-state index is -0.684. The van der Waals surface area contributed by atoms with Crippen LogP contribution in [0.5, 0.6) is 0 Å². The van der Waals surface area contributed by atoms with E-state index in [2.05, 4.69) is 9.97 Å². The smallest absolute Gasteiger partial charge is 0.248 e. The number of amides is 2. The molecule has 0 unspecified atom stereocenters. The summed E-state index contributed by atoms with van der Waals surface area (Å²) in [4.78, 5) is 38.4. The van der Waals surface area contributed by atoms with Crippen LogP contribution in [0, 0.1) is 0 Å². The van der Waals surface area contributed by atoms with E-state index in [9.17, 15) is 9.59 Å². The predicted octanol–water partition coefficient (Wildman–Crippen LogP) is 2.83. The van der Waals surface area contributed by atoms with Crippen LogP contribution >= 0.6 is 22.9 Å². The molecule has 2 N–H and O–H groups in total. The average Bonchev–Trinajstić information content (AvgIpc) is 3.20. The number of rotatable bonds is 6. The molecule has 2 amide bonds. The Morgan fingerprint density at radius 3 is 2.94 bits per heavy atom. The van der Waals surface area contributed by atoms with Gasteiger partial charge in [0.1, 0.15) is 18.2 Å². The monoisotopic (exact) mass is 471 g/mol. The molecule has 1 aliphatic heterocycles. The topological polar surface area (TPSA) is 102 Å². The van der Waals surface area contributed by atoms with Crippen LogP contribution in [0.1, 0.15) is 10.4 Å². The van der Waals surface area contributed by atoms with Crippen molar-refractivity contribution in [1.29, 1.82) is 0 Å². The zero-order valence-corrected chi connectivity index (χ0v) is 19.0. The summed E-state index contributed by atoms with van der Waals surface area (Å²) in [5, 5.41) is 3.20. The standard InChI is InChI=1S/C22H22ClN5O3S/c1-31-11-19-22(30)27(10-14-2-4-17-18(8-14)25-13-26-21(17)24)6-7-28(19)20(29)5-3-16-9-15(23)12-32-16/h2-5,8-9,12-13,19H,6-7,10-11H2,1H3,(H2,24,25,26)/t19-/m0/s1. The average molecular weight is 472 g/mol. The number of nitrogens with zero attached hydrogens (tertiary/aromatic N) is 4. The van der Waals surface area contributed by atoms with Crippen molar-refractivity contribution in [3.8, 4) is 0 Å². The number of nitrogens with two attached hydrogens (primary N) is 1. The summed E-state index contributed by atoms with van der Waals surface area (Å²) in [7, 11) is 1.52. The van der Waals surface area contributed by atoms with Gasteiger partial charge in [0, 0.05) is 48.5 Å². The lowest BCUT2D eigenvalue weighted by Crippen LogP contribution is -2.59. The van der Waals surface area contributed by atoms with Gasteiger partial charge in [0.15, 0.2) is 0 Å². The molecule has 32 heavy (non-hydrogen) atoms. The molecule has 4 rings (SSSR count). The number of carbonyl (C=O) groups excluding carboxylic acids is 2. The summed E-state index contributed by atoms with van der Waals surface area (Å²) in [6.45, 7) is 1.37. The molecule has 1 saturated heterocycles. The normalized spacial score (nSPS) is 16.9. The Labute approximate surface area is 194 Å². The summed E-state index contributed by atoms with van der Waals surface area (Å²) in [6.07, 6.45) is 4.60. The highest BCUT2D eigenvalue weighted by molar-refractivity contribution is 7.11. The highest BCUT2D eigenvalue weighted by atomic mass is 35.5. The van der Waals surface area contributed by atoms with E-state index >= 15 is 0 Å². The fraction of sp³-hybridized carbons (Fsp3) is 0.273. The Morgan fingerprint density at radius 1 is 1.34 bits per heavy atom. The molecule has 10 heteroatoms. The van der Waals surface area contributed by atoms with E-state index in [1.54, 1.807) is 27.3 Å². The number of fused-ring (bicyclic) bond motifs is 1. The van der Waals surface area contributed by atoms with Gasteiger partial charge < -0.3 is 20.3 Å². The minimum absolute atomic E-state index is 0.126. The summed E-state index contributed by atoms with van der Waals surface area (Å²) in [5.74, 6) is 0.0338. The van der Waals surface area contributed by atoms with Crippen LogP contribution in [-0.4, -0.2) is 64.4 Å². The van der Waals surface area contributed by atoms with E-state index in [0.717, 1.165) is 21.3 Å². The lowest BCUT2D eigenvalue weighted by Gasteiger charge is -2.40. The molecule has 0 radical (unpaired) electrons. The van der Waals surface area contributed by atoms with E-state index in [1.807, 2.05) is 18.2 Å². The molecule has 0 spiro atoms. The molecule has 0 bridgehead atoms. The van der Waals surface area contributed by atoms with E-state index in [-0.39, 0.29) is 18.4 Å². The highest BCUT2D eigenvalue weighted by Gasteiger charge is 2.36. The van der Waals surface area contributed by atoms with Gasteiger partial charge in [-0.25, -0.2) is 9.97 Å². The fourth-order valence-corrected chi connectivity index (χ4v) is 4.66. The second-order valence-electron chi connectivity index (χ2n) is 7.37. The molecule has 0 aliphatic carbocycles. The van der Waals surface area contributed by atoms with Gasteiger partial charge in [-0.3, -0.25) is 9.59 Å². The first kappa shape index (κ1) is 22.2. The first-order valence-electron chi connectivity index (χ1n) is 9.96. The van der Waals surface area contributed by atoms with Crippen molar-refractivity contribution in [3.05, 3.63) is 57.5 Å². The number of benzene rings is 1. The quantitative estimate of drug-likeness (QED) is 0.555. The van der Waals surface area contributed by atoms with Crippen LogP contribution in [0.2, 0.25) is 5.02 Å². The Hall–Kier alpha value is -3.01. The third kappa shape index (κ3) is 4.74. The van der Waals surface area contributed by atoms with Gasteiger partial charge >= 0.3 is 0 Å². The molecule has 1 fully saturated rings. The van der Waals surface area contributed by atoms with Crippen LogP contribution in [-0.2, 0) is 20.9 Å². The van der Waals surface area contributed by atoms with E-state index in [1.165, 1.54) is 30.8 Å². The van der Waals surface area contributed by atoms with E-state index in [0.29, 0.717) is 30.5 Å². The van der Waals surface area contributed by atoms with Crippen molar-refractivity contribution < 1.29 is 14.3 Å². The summed E-state index contributed by atoms with van der Waals surface area (Å²) in [6, 6.07) is 6.77. The van der Waals surface area contributed by atoms with Gasteiger partial charge in [-0.15, -0.1) is 11.3 Å². The van der Waals surface area contributed by atoms with Gasteiger partial charge in [-0.2, -0.15) is 0 Å². The molecule has 0 saturated carbocycles. The number of ether oxygens (including phenoxy) is 1. The van der Waals surface area contributed by atoms with Crippen LogP contribution < -0.4 is 5.73 Å². The number of carbonyl (C=O) groups is 2. The maximum atomic E-state index is 13.2. The first-order valence-corrected chi connectivity index (χ1v) is 11.2. The van der Waals surface area contributed by atoms with Gasteiger partial charge in [0.2, 0.25) is 11.8 Å². The number of piperazine rings is 1. The fourth-order valence-electron chi connectivity index (χ4n) is 3.69. The molecule has 2 aromatic heterocycles. The molecule has 1 aliphatic rings. The minimum Gasteiger partial charge on any atom is -0.383 e. The number of thiophene rings is 1. The zero-order chi connectivity index (χ0) is 22.7. The maximum absolute atomic E-state index is 13.2. The van der Waals surface area contributed by atoms with Crippen molar-refractivity contribution >= 4 is 57.5 Å². The summed E-state index contributed by atoms with van der Waals surface area (Å²) in [5.41, 5.74) is 7.54. The van der Waals surface area contributed by atoms with Gasteiger partial charge in [-0.05, 0) is 29.8 Å². The number of halogens is 1. The van der Waals surface area contributed by atoms with Crippen molar-refractivity contribution in [2.24, 2.45) is 0 Å². The van der Waals surface area contributed by atoms with Crippen LogP contribution in [0.15, 0.2) is 42.0 Å². The Kier molecular flexibility index (Phi) is 6.69. The number of hydrogen-bond acceptors (Lipinski definition) is 7. The second-order valence-corrected chi connectivity index (χ2v) is 8.75. The zero-order valence-electron chi connectivity index (χ0n) is 17.4. The largest absolute Gasteiger partial charge is 0.383 e. The van der Waals surface area contributed by atoms with Gasteiger partial charge in [0.05, 0.1) is 17.1 Å². The number of anilines is 1. The van der Waals surface area contributed by atoms with E-state index in [4.69, 9.17) is 22.1 Å². The maximum Gasteiger partial charge on any atom is 0.248 e. The first-order chi connectivity index (χ1) is 15.5. The number of nitrogen functional groups attached to an aromatic ring is 1. The van der Waals surface area contributed by atoms with Crippen molar-refractivity contribution in [2.75, 3.05) is 32.5 Å². The summed E-state index contributed by atoms with van der Waals surface area (Å²) < 4.78 is 5.26. The SMILES string of the molecule is COC[C@H]1C(=O)N(Cc2ccc3c(N)ncnc3c2)CCN1C(=O)C=Cc1cc(Cl)cs1. The molecular weight excluding hydrogens is 450 g/mol. The molecule has 1 aromatic carbocycles. The third-order valence-corrected chi connectivity index (χ3v) is 6.52. The number of methoxy groups -OCH3 is 1. The molecule has 1 atom stereocenters. The molecule has 8 nitrogen and oxygen atoms in total. The van der Waals surface area contributed by atoms with E-state index < -0.39 is 6.04 Å². The summed E-state index contributed by atoms with van der Waals surface area (Å²) >= 11 is 7.38. The van der Waals surface area contributed by atoms with Crippen molar-refractivity contribution in [3.63, 3.8) is 0 Å². The highest BCUT2D eigenvalue weighted by Crippen LogP contribution is 2.22. The second kappa shape index (κ2) is 9.64. The molecular formula is C22H22ClN5O3S. The molecule has 3 heterocycles. The van der Waals surface area contributed by atoms with Crippen LogP contribution in [0.4, 0.5) is 5.82 Å². The van der Waals surface area contributed by atoms with Crippen LogP contribution in [0.3, 0.4) is 0 Å². The van der Waals surface area contributed by atoms with Crippen molar-refractivity contribution in [2.45, 2.75) is 12.6 Å². The van der Waals surface area contributed by atoms with Gasteiger partial charge in [-0.1, -0.05) is 17.7 Å².